The number of hydrogen-bond donors (Lipinski definition) is 1. The predicted octanol–water partition coefficient (Wildman–Crippen LogP) is 2.52. The van der Waals surface area contributed by atoms with Crippen molar-refractivity contribution in [2.45, 2.75) is 13.3 Å². The maximum Gasteiger partial charge on any atom is 0.296 e. The van der Waals surface area contributed by atoms with Crippen molar-refractivity contribution < 1.29 is 19.1 Å². The van der Waals surface area contributed by atoms with Crippen molar-refractivity contribution in [2.24, 2.45) is 9.98 Å². The summed E-state index contributed by atoms with van der Waals surface area (Å²) in [4.78, 5) is 45.8. The molecule has 0 unspecified atom stereocenters. The largest absolute Gasteiger partial charge is 0.497 e. The summed E-state index contributed by atoms with van der Waals surface area (Å²) in [6.45, 7) is 2.51. The average molecular weight is 453 g/mol. The number of nitrogens with zero attached hydrogens (tertiary/aromatic N) is 2. The van der Waals surface area contributed by atoms with Gasteiger partial charge in [0.25, 0.3) is 11.8 Å². The van der Waals surface area contributed by atoms with E-state index in [-0.39, 0.29) is 17.4 Å². The second-order valence-electron chi connectivity index (χ2n) is 7.85. The van der Waals surface area contributed by atoms with Crippen LogP contribution in [0.2, 0.25) is 0 Å². The molecule has 0 saturated heterocycles. The van der Waals surface area contributed by atoms with Crippen molar-refractivity contribution in [3.8, 4) is 5.75 Å². The van der Waals surface area contributed by atoms with E-state index in [1.807, 2.05) is 25.1 Å². The van der Waals surface area contributed by atoms with Crippen molar-refractivity contribution in [3.63, 3.8) is 0 Å². The van der Waals surface area contributed by atoms with E-state index in [0.29, 0.717) is 40.6 Å². The summed E-state index contributed by atoms with van der Waals surface area (Å²) < 4.78 is 5.08. The molecular formula is C27H23N3O4. The van der Waals surface area contributed by atoms with Gasteiger partial charge < -0.3 is 10.1 Å². The number of rotatable bonds is 7. The molecule has 1 aliphatic rings. The number of allylic oxidation sites excluding steroid dienone is 1. The minimum atomic E-state index is -0.633. The first kappa shape index (κ1) is 22.8. The van der Waals surface area contributed by atoms with Crippen LogP contribution in [-0.2, 0) is 11.2 Å². The molecule has 0 saturated carbocycles. The third-order valence-electron chi connectivity index (χ3n) is 5.34. The van der Waals surface area contributed by atoms with Crippen molar-refractivity contribution in [3.05, 3.63) is 111 Å². The van der Waals surface area contributed by atoms with Crippen molar-refractivity contribution >= 4 is 17.6 Å². The van der Waals surface area contributed by atoms with Gasteiger partial charge in [-0.25, -0.2) is 9.98 Å². The van der Waals surface area contributed by atoms with Crippen LogP contribution in [0, 0.1) is 6.92 Å². The summed E-state index contributed by atoms with van der Waals surface area (Å²) in [5, 5.41) is 3.60. The van der Waals surface area contributed by atoms with Crippen molar-refractivity contribution in [1.82, 2.24) is 5.32 Å². The second kappa shape index (κ2) is 10.0. The van der Waals surface area contributed by atoms with Crippen LogP contribution in [0.5, 0.6) is 5.75 Å². The lowest BCUT2D eigenvalue weighted by Crippen LogP contribution is -2.34. The number of ether oxygens (including phenoxy) is 1. The number of nitrogens with one attached hydrogen (secondary N) is 1. The molecule has 0 spiro atoms. The first-order chi connectivity index (χ1) is 16.4. The molecule has 0 atom stereocenters. The zero-order valence-corrected chi connectivity index (χ0v) is 18.9. The molecule has 7 nitrogen and oxygen atoms in total. The van der Waals surface area contributed by atoms with Crippen LogP contribution in [0.15, 0.2) is 88.5 Å². The van der Waals surface area contributed by atoms with Crippen LogP contribution in [0.4, 0.5) is 0 Å². The number of amides is 2. The fourth-order valence-electron chi connectivity index (χ4n) is 3.54. The van der Waals surface area contributed by atoms with E-state index in [2.05, 4.69) is 21.4 Å². The SMILES string of the molecule is COc1ccc(C(=O)/C=C2\N=c3ccc(C(=O)NCCc4cccc(C)c4)cc3=NC2=O)cc1. The minimum Gasteiger partial charge on any atom is -0.497 e. The van der Waals surface area contributed by atoms with Crippen LogP contribution in [-0.4, -0.2) is 31.3 Å². The Bertz CT molecular complexity index is 1420. The number of hydrogen-bond acceptors (Lipinski definition) is 5. The molecular weight excluding hydrogens is 430 g/mol. The Labute approximate surface area is 196 Å². The van der Waals surface area contributed by atoms with Gasteiger partial charge in [0.05, 0.1) is 17.8 Å². The number of ketones is 1. The normalized spacial score (nSPS) is 13.5. The van der Waals surface area contributed by atoms with Gasteiger partial charge >= 0.3 is 0 Å². The number of carbonyl (C=O) groups is 3. The maximum atomic E-state index is 12.5. The summed E-state index contributed by atoms with van der Waals surface area (Å²) in [6.07, 6.45) is 1.88. The van der Waals surface area contributed by atoms with Gasteiger partial charge in [-0.2, -0.15) is 0 Å². The van der Waals surface area contributed by atoms with Crippen LogP contribution < -0.4 is 20.8 Å². The third-order valence-corrected chi connectivity index (χ3v) is 5.34. The molecule has 0 radical (unpaired) electrons. The molecule has 7 heteroatoms. The topological polar surface area (TPSA) is 97.2 Å². The maximum absolute atomic E-state index is 12.5. The van der Waals surface area contributed by atoms with E-state index in [1.54, 1.807) is 36.4 Å². The van der Waals surface area contributed by atoms with Crippen LogP contribution in [0.1, 0.15) is 31.8 Å². The van der Waals surface area contributed by atoms with Gasteiger partial charge in [-0.3, -0.25) is 14.4 Å². The molecule has 170 valence electrons. The summed E-state index contributed by atoms with van der Waals surface area (Å²) in [7, 11) is 1.54. The van der Waals surface area contributed by atoms with Gasteiger partial charge in [0.15, 0.2) is 5.78 Å². The molecule has 34 heavy (non-hydrogen) atoms. The van der Waals surface area contributed by atoms with Crippen LogP contribution in [0.25, 0.3) is 0 Å². The molecule has 0 bridgehead atoms. The average Bonchev–Trinajstić information content (AvgIpc) is 2.84. The number of fused-ring (bicyclic) bond motifs is 1. The highest BCUT2D eigenvalue weighted by molar-refractivity contribution is 6.09. The molecule has 2 amide bonds. The first-order valence-electron chi connectivity index (χ1n) is 10.8. The number of aryl methyl sites for hydroxylation is 1. The number of carbonyl (C=O) groups excluding carboxylic acids is 3. The Hall–Kier alpha value is -4.39. The zero-order valence-electron chi connectivity index (χ0n) is 18.9. The third kappa shape index (κ3) is 5.32. The van der Waals surface area contributed by atoms with Gasteiger partial charge in [-0.05, 0) is 61.4 Å². The molecule has 1 aliphatic heterocycles. The van der Waals surface area contributed by atoms with Gasteiger partial charge in [0.2, 0.25) is 0 Å². The van der Waals surface area contributed by atoms with E-state index in [4.69, 9.17) is 4.74 Å². The van der Waals surface area contributed by atoms with E-state index < -0.39 is 5.91 Å². The van der Waals surface area contributed by atoms with Gasteiger partial charge in [-0.15, -0.1) is 0 Å². The summed E-state index contributed by atoms with van der Waals surface area (Å²) >= 11 is 0. The smallest absolute Gasteiger partial charge is 0.296 e. The summed E-state index contributed by atoms with van der Waals surface area (Å²) in [5.74, 6) is -0.625. The Balaban J connectivity index is 1.47. The monoisotopic (exact) mass is 453 g/mol. The van der Waals surface area contributed by atoms with Gasteiger partial charge in [-0.1, -0.05) is 29.8 Å². The first-order valence-corrected chi connectivity index (χ1v) is 10.8. The highest BCUT2D eigenvalue weighted by atomic mass is 16.5. The van der Waals surface area contributed by atoms with E-state index in [9.17, 15) is 14.4 Å². The van der Waals surface area contributed by atoms with Crippen LogP contribution >= 0.6 is 0 Å². The Kier molecular flexibility index (Phi) is 6.73. The van der Waals surface area contributed by atoms with Gasteiger partial charge in [0.1, 0.15) is 11.4 Å². The molecule has 0 aliphatic carbocycles. The summed E-state index contributed by atoms with van der Waals surface area (Å²) in [6, 6.07) is 19.5. The molecule has 3 aromatic rings. The van der Waals surface area contributed by atoms with Crippen LogP contribution in [0.3, 0.4) is 0 Å². The molecule has 3 aromatic carbocycles. The Morgan fingerprint density at radius 2 is 1.71 bits per heavy atom. The Morgan fingerprint density at radius 3 is 2.44 bits per heavy atom. The number of methoxy groups -OCH3 is 1. The molecule has 1 heterocycles. The zero-order chi connectivity index (χ0) is 24.1. The molecule has 4 rings (SSSR count). The highest BCUT2D eigenvalue weighted by Crippen LogP contribution is 2.13. The van der Waals surface area contributed by atoms with Crippen molar-refractivity contribution in [2.75, 3.05) is 13.7 Å². The lowest BCUT2D eigenvalue weighted by molar-refractivity contribution is -0.114. The molecule has 0 fully saturated rings. The fourth-order valence-corrected chi connectivity index (χ4v) is 3.54. The quantitative estimate of drug-likeness (QED) is 0.439. The lowest BCUT2D eigenvalue weighted by Gasteiger charge is -2.07. The number of benzene rings is 3. The minimum absolute atomic E-state index is 0.0522. The highest BCUT2D eigenvalue weighted by Gasteiger charge is 2.16. The summed E-state index contributed by atoms with van der Waals surface area (Å²) in [5.41, 5.74) is 3.06. The fraction of sp³-hybridized carbons (Fsp3) is 0.148. The van der Waals surface area contributed by atoms with E-state index >= 15 is 0 Å². The molecule has 1 N–H and O–H groups in total. The molecule has 0 aromatic heterocycles. The van der Waals surface area contributed by atoms with E-state index in [0.717, 1.165) is 5.56 Å². The standard InChI is InChI=1S/C27H23N3O4/c1-17-4-3-5-18(14-17)12-13-28-26(32)20-8-11-22-23(15-20)30-27(33)24(29-22)16-25(31)19-6-9-21(34-2)10-7-19/h3-11,14-16H,12-13H2,1-2H3,(H,28,32)/b24-16-. The van der Waals surface area contributed by atoms with Gasteiger partial charge in [0, 0.05) is 23.7 Å². The van der Waals surface area contributed by atoms with E-state index in [1.165, 1.54) is 24.8 Å². The van der Waals surface area contributed by atoms with Crippen molar-refractivity contribution in [1.29, 1.82) is 0 Å². The predicted molar refractivity (Wildman–Crippen MR) is 126 cm³/mol. The Morgan fingerprint density at radius 1 is 0.941 bits per heavy atom. The lowest BCUT2D eigenvalue weighted by atomic mass is 10.1. The second-order valence-corrected chi connectivity index (χ2v) is 7.85.